The van der Waals surface area contributed by atoms with E-state index in [1.807, 2.05) is 0 Å². The maximum absolute atomic E-state index is 13.1. The smallest absolute Gasteiger partial charge is 0.257 e. The molecule has 0 saturated carbocycles. The van der Waals surface area contributed by atoms with Crippen molar-refractivity contribution in [3.63, 3.8) is 0 Å². The van der Waals surface area contributed by atoms with Crippen LogP contribution >= 0.6 is 0 Å². The Kier molecular flexibility index (Phi) is 4.34. The highest BCUT2D eigenvalue weighted by molar-refractivity contribution is 5.96. The largest absolute Gasteiger partial charge is 0.507 e. The van der Waals surface area contributed by atoms with Gasteiger partial charge in [-0.05, 0) is 18.2 Å². The number of halogens is 1. The minimum atomic E-state index is -0.542. The molecule has 0 radical (unpaired) electrons. The summed E-state index contributed by atoms with van der Waals surface area (Å²) in [6.07, 6.45) is 0. The molecule has 2 rings (SSSR count). The Morgan fingerprint density at radius 2 is 1.95 bits per heavy atom. The lowest BCUT2D eigenvalue weighted by Crippen LogP contribution is -2.49. The Labute approximate surface area is 110 Å². The molecule has 0 atom stereocenters. The van der Waals surface area contributed by atoms with E-state index >= 15 is 0 Å². The zero-order chi connectivity index (χ0) is 13.8. The Morgan fingerprint density at radius 3 is 2.58 bits per heavy atom. The van der Waals surface area contributed by atoms with Gasteiger partial charge in [-0.25, -0.2) is 4.39 Å². The summed E-state index contributed by atoms with van der Waals surface area (Å²) in [4.78, 5) is 15.8. The molecule has 0 spiro atoms. The average molecular weight is 268 g/mol. The molecule has 2 N–H and O–H groups in total. The summed E-state index contributed by atoms with van der Waals surface area (Å²) < 4.78 is 13.1. The molecule has 1 aromatic carbocycles. The molecular weight excluding hydrogens is 251 g/mol. The topological polar surface area (TPSA) is 64.0 Å². The number of amides is 1. The standard InChI is InChI=1S/C13H17FN2O3/c14-10-1-2-12(18)11(9-10)13(19)16-5-3-15(4-6-16)7-8-17/h1-2,9,17-18H,3-8H2. The molecule has 1 aliphatic rings. The molecule has 6 heteroatoms. The Hall–Kier alpha value is -1.66. The second kappa shape index (κ2) is 5.99. The van der Waals surface area contributed by atoms with Crippen molar-refractivity contribution in [1.82, 2.24) is 9.80 Å². The molecular formula is C13H17FN2O3. The van der Waals surface area contributed by atoms with Crippen LogP contribution in [-0.2, 0) is 0 Å². The molecule has 1 saturated heterocycles. The van der Waals surface area contributed by atoms with E-state index in [9.17, 15) is 14.3 Å². The van der Waals surface area contributed by atoms with Crippen LogP contribution in [0, 0.1) is 5.82 Å². The number of hydrogen-bond donors (Lipinski definition) is 2. The van der Waals surface area contributed by atoms with Gasteiger partial charge in [-0.3, -0.25) is 9.69 Å². The van der Waals surface area contributed by atoms with Gasteiger partial charge in [0.05, 0.1) is 12.2 Å². The van der Waals surface area contributed by atoms with Crippen molar-refractivity contribution in [2.24, 2.45) is 0 Å². The summed E-state index contributed by atoms with van der Waals surface area (Å²) in [6, 6.07) is 3.35. The number of aliphatic hydroxyl groups is 1. The molecule has 19 heavy (non-hydrogen) atoms. The van der Waals surface area contributed by atoms with Gasteiger partial charge in [0.15, 0.2) is 0 Å². The Bertz CT molecular complexity index is 459. The van der Waals surface area contributed by atoms with Crippen LogP contribution in [0.4, 0.5) is 4.39 Å². The number of rotatable bonds is 3. The van der Waals surface area contributed by atoms with Crippen molar-refractivity contribution in [2.45, 2.75) is 0 Å². The number of carbonyl (C=O) groups is 1. The van der Waals surface area contributed by atoms with Crippen molar-refractivity contribution in [3.05, 3.63) is 29.6 Å². The first-order valence-electron chi connectivity index (χ1n) is 6.23. The fourth-order valence-corrected chi connectivity index (χ4v) is 2.17. The van der Waals surface area contributed by atoms with Gasteiger partial charge >= 0.3 is 0 Å². The number of aromatic hydroxyl groups is 1. The molecule has 1 aromatic rings. The third-order valence-corrected chi connectivity index (χ3v) is 3.26. The zero-order valence-electron chi connectivity index (χ0n) is 10.5. The van der Waals surface area contributed by atoms with Crippen LogP contribution in [0.3, 0.4) is 0 Å². The molecule has 0 bridgehead atoms. The van der Waals surface area contributed by atoms with E-state index in [1.165, 1.54) is 6.07 Å². The number of phenols is 1. The van der Waals surface area contributed by atoms with Gasteiger partial charge in [-0.15, -0.1) is 0 Å². The fraction of sp³-hybridized carbons (Fsp3) is 0.462. The van der Waals surface area contributed by atoms with Gasteiger partial charge < -0.3 is 15.1 Å². The maximum atomic E-state index is 13.1. The van der Waals surface area contributed by atoms with Crippen LogP contribution in [0.1, 0.15) is 10.4 Å². The molecule has 1 aliphatic heterocycles. The molecule has 1 fully saturated rings. The van der Waals surface area contributed by atoms with Crippen LogP contribution < -0.4 is 0 Å². The van der Waals surface area contributed by atoms with Gasteiger partial charge in [0.2, 0.25) is 0 Å². The molecule has 0 aliphatic carbocycles. The number of hydrogen-bond acceptors (Lipinski definition) is 4. The van der Waals surface area contributed by atoms with Gasteiger partial charge in [0.1, 0.15) is 11.6 Å². The molecule has 1 heterocycles. The average Bonchev–Trinajstić information content (AvgIpc) is 2.42. The lowest BCUT2D eigenvalue weighted by molar-refractivity contribution is 0.0611. The summed E-state index contributed by atoms with van der Waals surface area (Å²) in [6.45, 7) is 3.04. The molecule has 0 aromatic heterocycles. The molecule has 1 amide bonds. The van der Waals surface area contributed by atoms with Crippen LogP contribution in [0.5, 0.6) is 5.75 Å². The van der Waals surface area contributed by atoms with E-state index in [-0.39, 0.29) is 23.8 Å². The minimum Gasteiger partial charge on any atom is -0.507 e. The van der Waals surface area contributed by atoms with Crippen LogP contribution in [0.2, 0.25) is 0 Å². The normalized spacial score (nSPS) is 16.6. The van der Waals surface area contributed by atoms with Gasteiger partial charge in [0.25, 0.3) is 5.91 Å². The summed E-state index contributed by atoms with van der Waals surface area (Å²) in [5, 5.41) is 18.5. The highest BCUT2D eigenvalue weighted by atomic mass is 19.1. The quantitative estimate of drug-likeness (QED) is 0.826. The van der Waals surface area contributed by atoms with Crippen LogP contribution in [-0.4, -0.2) is 65.3 Å². The van der Waals surface area contributed by atoms with E-state index in [0.717, 1.165) is 12.1 Å². The number of phenolic OH excluding ortho intramolecular Hbond substituents is 1. The zero-order valence-corrected chi connectivity index (χ0v) is 10.5. The van der Waals surface area contributed by atoms with Crippen LogP contribution in [0.15, 0.2) is 18.2 Å². The SMILES string of the molecule is O=C(c1cc(F)ccc1O)N1CCN(CCO)CC1. The van der Waals surface area contributed by atoms with Crippen molar-refractivity contribution in [1.29, 1.82) is 0 Å². The molecule has 0 unspecified atom stereocenters. The number of nitrogens with zero attached hydrogens (tertiary/aromatic N) is 2. The second-order valence-corrected chi connectivity index (χ2v) is 4.52. The Morgan fingerprint density at radius 1 is 1.26 bits per heavy atom. The lowest BCUT2D eigenvalue weighted by atomic mass is 10.1. The van der Waals surface area contributed by atoms with E-state index in [1.54, 1.807) is 4.90 Å². The first-order chi connectivity index (χ1) is 9.11. The number of benzene rings is 1. The van der Waals surface area contributed by atoms with E-state index < -0.39 is 5.82 Å². The second-order valence-electron chi connectivity index (χ2n) is 4.52. The first kappa shape index (κ1) is 13.8. The van der Waals surface area contributed by atoms with Crippen molar-refractivity contribution < 1.29 is 19.4 Å². The number of β-amino-alcohol motifs (C(OH)–C–C–N with tert-alkyl or cyclic N) is 1. The monoisotopic (exact) mass is 268 g/mol. The van der Waals surface area contributed by atoms with Crippen LogP contribution in [0.25, 0.3) is 0 Å². The predicted molar refractivity (Wildman–Crippen MR) is 67.5 cm³/mol. The third kappa shape index (κ3) is 3.21. The minimum absolute atomic E-state index is 0.00407. The van der Waals surface area contributed by atoms with Crippen molar-refractivity contribution in [3.8, 4) is 5.75 Å². The van der Waals surface area contributed by atoms with Gasteiger partial charge in [-0.2, -0.15) is 0 Å². The highest BCUT2D eigenvalue weighted by Crippen LogP contribution is 2.20. The van der Waals surface area contributed by atoms with Crippen molar-refractivity contribution >= 4 is 5.91 Å². The maximum Gasteiger partial charge on any atom is 0.257 e. The number of aliphatic hydroxyl groups excluding tert-OH is 1. The van der Waals surface area contributed by atoms with E-state index in [0.29, 0.717) is 32.7 Å². The summed E-state index contributed by atoms with van der Waals surface area (Å²) in [7, 11) is 0. The summed E-state index contributed by atoms with van der Waals surface area (Å²) >= 11 is 0. The Balaban J connectivity index is 2.03. The third-order valence-electron chi connectivity index (χ3n) is 3.26. The number of piperazine rings is 1. The number of carbonyl (C=O) groups excluding carboxylic acids is 1. The first-order valence-corrected chi connectivity index (χ1v) is 6.23. The van der Waals surface area contributed by atoms with E-state index in [4.69, 9.17) is 5.11 Å². The van der Waals surface area contributed by atoms with Crippen molar-refractivity contribution in [2.75, 3.05) is 39.3 Å². The predicted octanol–water partition coefficient (Wildman–Crippen LogP) is 0.281. The lowest BCUT2D eigenvalue weighted by Gasteiger charge is -2.34. The summed E-state index contributed by atoms with van der Waals surface area (Å²) in [5.41, 5.74) is -0.00407. The molecule has 5 nitrogen and oxygen atoms in total. The highest BCUT2D eigenvalue weighted by Gasteiger charge is 2.23. The fourth-order valence-electron chi connectivity index (χ4n) is 2.17. The van der Waals surface area contributed by atoms with Gasteiger partial charge in [0, 0.05) is 32.7 Å². The summed E-state index contributed by atoms with van der Waals surface area (Å²) in [5.74, 6) is -1.11. The van der Waals surface area contributed by atoms with Gasteiger partial charge in [-0.1, -0.05) is 0 Å². The molecule has 104 valence electrons. The van der Waals surface area contributed by atoms with E-state index in [2.05, 4.69) is 4.90 Å².